The van der Waals surface area contributed by atoms with Crippen molar-refractivity contribution in [1.29, 1.82) is 0 Å². The van der Waals surface area contributed by atoms with E-state index in [0.717, 1.165) is 6.42 Å². The summed E-state index contributed by atoms with van der Waals surface area (Å²) in [5.74, 6) is -0.0687. The number of carbonyl (C=O) groups is 2. The molecule has 0 fully saturated rings. The molecule has 5 heteroatoms. The van der Waals surface area contributed by atoms with Crippen LogP contribution < -0.4 is 4.90 Å². The highest BCUT2D eigenvalue weighted by molar-refractivity contribution is 6.05. The molecule has 19 heavy (non-hydrogen) atoms. The molecule has 2 amide bonds. The predicted octanol–water partition coefficient (Wildman–Crippen LogP) is 2.00. The summed E-state index contributed by atoms with van der Waals surface area (Å²) in [5, 5.41) is 0. The Morgan fingerprint density at radius 2 is 2.16 bits per heavy atom. The molecule has 2 heterocycles. The number of benzene rings is 1. The van der Waals surface area contributed by atoms with E-state index in [1.54, 1.807) is 29.3 Å². The smallest absolute Gasteiger partial charge is 0.414 e. The Morgan fingerprint density at radius 3 is 2.95 bits per heavy atom. The summed E-state index contributed by atoms with van der Waals surface area (Å²) in [6.07, 6.45) is 4.07. The van der Waals surface area contributed by atoms with Crippen LogP contribution in [0.3, 0.4) is 0 Å². The Kier molecular flexibility index (Phi) is 2.74. The topological polar surface area (TPSA) is 49.9 Å². The van der Waals surface area contributed by atoms with Gasteiger partial charge in [0.15, 0.2) is 0 Å². The third-order valence-corrected chi connectivity index (χ3v) is 3.52. The molecule has 1 aromatic rings. The summed E-state index contributed by atoms with van der Waals surface area (Å²) in [5.41, 5.74) is 1.14. The molecule has 0 spiro atoms. The lowest BCUT2D eigenvalue weighted by atomic mass is 10.1. The SMILES string of the molecule is COC(=O)N1CC2CC=CN2C(=O)c2ccccc21. The van der Waals surface area contributed by atoms with E-state index in [1.807, 2.05) is 12.1 Å². The molecule has 0 N–H and O–H groups in total. The average Bonchev–Trinajstić information content (AvgIpc) is 2.87. The summed E-state index contributed by atoms with van der Waals surface area (Å²) in [7, 11) is 1.35. The van der Waals surface area contributed by atoms with Gasteiger partial charge in [-0.25, -0.2) is 4.79 Å². The number of fused-ring (bicyclic) bond motifs is 2. The molecule has 1 unspecified atom stereocenters. The number of nitrogens with zero attached hydrogens (tertiary/aromatic N) is 2. The van der Waals surface area contributed by atoms with E-state index in [9.17, 15) is 9.59 Å². The van der Waals surface area contributed by atoms with Crippen LogP contribution in [0.5, 0.6) is 0 Å². The highest BCUT2D eigenvalue weighted by Crippen LogP contribution is 2.30. The minimum atomic E-state index is -0.436. The van der Waals surface area contributed by atoms with Crippen molar-refractivity contribution in [3.8, 4) is 0 Å². The maximum atomic E-state index is 12.5. The molecule has 98 valence electrons. The number of para-hydroxylation sites is 1. The van der Waals surface area contributed by atoms with E-state index < -0.39 is 6.09 Å². The van der Waals surface area contributed by atoms with Crippen molar-refractivity contribution in [2.45, 2.75) is 12.5 Å². The van der Waals surface area contributed by atoms with E-state index in [1.165, 1.54) is 12.0 Å². The van der Waals surface area contributed by atoms with Crippen molar-refractivity contribution in [2.75, 3.05) is 18.6 Å². The summed E-state index contributed by atoms with van der Waals surface area (Å²) in [4.78, 5) is 27.6. The number of carbonyl (C=O) groups excluding carboxylic acids is 2. The number of rotatable bonds is 0. The van der Waals surface area contributed by atoms with Crippen LogP contribution in [0.4, 0.5) is 10.5 Å². The second-order valence-corrected chi connectivity index (χ2v) is 4.58. The second-order valence-electron chi connectivity index (χ2n) is 4.58. The van der Waals surface area contributed by atoms with Crippen LogP contribution in [0.25, 0.3) is 0 Å². The second kappa shape index (κ2) is 4.42. The maximum absolute atomic E-state index is 12.5. The molecule has 0 saturated heterocycles. The highest BCUT2D eigenvalue weighted by atomic mass is 16.5. The first-order valence-electron chi connectivity index (χ1n) is 6.16. The molecule has 2 aliphatic heterocycles. The quantitative estimate of drug-likeness (QED) is 0.715. The van der Waals surface area contributed by atoms with E-state index in [4.69, 9.17) is 4.74 Å². The first-order valence-corrected chi connectivity index (χ1v) is 6.16. The zero-order valence-corrected chi connectivity index (χ0v) is 10.6. The zero-order valence-electron chi connectivity index (χ0n) is 10.6. The van der Waals surface area contributed by atoms with E-state index >= 15 is 0 Å². The van der Waals surface area contributed by atoms with Gasteiger partial charge in [0.2, 0.25) is 0 Å². The number of hydrogen-bond acceptors (Lipinski definition) is 3. The van der Waals surface area contributed by atoms with Gasteiger partial charge in [0, 0.05) is 6.20 Å². The van der Waals surface area contributed by atoms with Crippen molar-refractivity contribution in [3.63, 3.8) is 0 Å². The third-order valence-electron chi connectivity index (χ3n) is 3.52. The third kappa shape index (κ3) is 1.78. The summed E-state index contributed by atoms with van der Waals surface area (Å²) >= 11 is 0. The van der Waals surface area contributed by atoms with Gasteiger partial charge >= 0.3 is 6.09 Å². The fourth-order valence-corrected chi connectivity index (χ4v) is 2.58. The zero-order chi connectivity index (χ0) is 13.4. The van der Waals surface area contributed by atoms with Crippen molar-refractivity contribution < 1.29 is 14.3 Å². The van der Waals surface area contributed by atoms with Crippen LogP contribution in [-0.2, 0) is 4.74 Å². The van der Waals surface area contributed by atoms with Crippen molar-refractivity contribution >= 4 is 17.7 Å². The van der Waals surface area contributed by atoms with E-state index in [0.29, 0.717) is 17.8 Å². The van der Waals surface area contributed by atoms with Crippen LogP contribution in [0.1, 0.15) is 16.8 Å². The van der Waals surface area contributed by atoms with Crippen LogP contribution in [-0.4, -0.2) is 36.6 Å². The molecule has 3 rings (SSSR count). The fraction of sp³-hybridized carbons (Fsp3) is 0.286. The van der Waals surface area contributed by atoms with Crippen LogP contribution >= 0.6 is 0 Å². The van der Waals surface area contributed by atoms with Crippen LogP contribution in [0.15, 0.2) is 36.5 Å². The molecule has 1 atom stereocenters. The molecular weight excluding hydrogens is 244 g/mol. The van der Waals surface area contributed by atoms with Gasteiger partial charge in [0.25, 0.3) is 5.91 Å². The van der Waals surface area contributed by atoms with Crippen molar-refractivity contribution in [3.05, 3.63) is 42.1 Å². The normalized spacial score (nSPS) is 20.9. The number of methoxy groups -OCH3 is 1. The molecule has 2 aliphatic rings. The largest absolute Gasteiger partial charge is 0.452 e. The Bertz CT molecular complexity index is 568. The van der Waals surface area contributed by atoms with Gasteiger partial charge in [-0.3, -0.25) is 9.69 Å². The first-order chi connectivity index (χ1) is 9.22. The van der Waals surface area contributed by atoms with Gasteiger partial charge in [0.05, 0.1) is 30.9 Å². The van der Waals surface area contributed by atoms with Gasteiger partial charge in [-0.2, -0.15) is 0 Å². The molecule has 0 aliphatic carbocycles. The summed E-state index contributed by atoms with van der Waals surface area (Å²) < 4.78 is 4.82. The lowest BCUT2D eigenvalue weighted by Crippen LogP contribution is -2.41. The number of ether oxygens (including phenoxy) is 1. The Hall–Kier alpha value is -2.30. The molecule has 0 aromatic heterocycles. The minimum absolute atomic E-state index is 0.0148. The van der Waals surface area contributed by atoms with Crippen molar-refractivity contribution in [2.24, 2.45) is 0 Å². The maximum Gasteiger partial charge on any atom is 0.414 e. The van der Waals surface area contributed by atoms with E-state index in [-0.39, 0.29) is 11.9 Å². The monoisotopic (exact) mass is 258 g/mol. The van der Waals surface area contributed by atoms with Gasteiger partial charge in [-0.15, -0.1) is 0 Å². The van der Waals surface area contributed by atoms with Gasteiger partial charge in [-0.1, -0.05) is 18.2 Å². The molecule has 0 radical (unpaired) electrons. The van der Waals surface area contributed by atoms with Crippen molar-refractivity contribution in [1.82, 2.24) is 4.90 Å². The first kappa shape index (κ1) is 11.8. The molecule has 1 aromatic carbocycles. The standard InChI is InChI=1S/C14H14N2O3/c1-19-14(18)16-9-10-5-4-8-15(10)13(17)11-6-2-3-7-12(11)16/h2-4,6-8,10H,5,9H2,1H3. The lowest BCUT2D eigenvalue weighted by molar-refractivity contribution is 0.0794. The lowest BCUT2D eigenvalue weighted by Gasteiger charge is -2.24. The molecule has 5 nitrogen and oxygen atoms in total. The Morgan fingerprint density at radius 1 is 1.37 bits per heavy atom. The summed E-state index contributed by atoms with van der Waals surface area (Å²) in [6, 6.07) is 7.11. The number of hydrogen-bond donors (Lipinski definition) is 0. The van der Waals surface area contributed by atoms with Crippen LogP contribution in [0, 0.1) is 0 Å². The van der Waals surface area contributed by atoms with Gasteiger partial charge in [0.1, 0.15) is 0 Å². The van der Waals surface area contributed by atoms with E-state index in [2.05, 4.69) is 0 Å². The molecule has 0 bridgehead atoms. The number of amides is 2. The number of anilines is 1. The van der Waals surface area contributed by atoms with Crippen LogP contribution in [0.2, 0.25) is 0 Å². The summed E-state index contributed by atoms with van der Waals surface area (Å²) in [6.45, 7) is 0.447. The molecular formula is C14H14N2O3. The average molecular weight is 258 g/mol. The predicted molar refractivity (Wildman–Crippen MR) is 69.9 cm³/mol. The Labute approximate surface area is 111 Å². The highest BCUT2D eigenvalue weighted by Gasteiger charge is 2.36. The fourth-order valence-electron chi connectivity index (χ4n) is 2.58. The van der Waals surface area contributed by atoms with Gasteiger partial charge < -0.3 is 9.64 Å². The van der Waals surface area contributed by atoms with Gasteiger partial charge in [-0.05, 0) is 18.6 Å². The minimum Gasteiger partial charge on any atom is -0.452 e. The Balaban J connectivity index is 2.11. The molecule has 0 saturated carbocycles.